The smallest absolute Gasteiger partial charge is 0.253 e. The number of carbonyl (C=O) groups is 2. The van der Waals surface area contributed by atoms with E-state index in [9.17, 15) is 9.59 Å². The third kappa shape index (κ3) is 5.51. The van der Waals surface area contributed by atoms with Crippen LogP contribution < -0.4 is 0 Å². The van der Waals surface area contributed by atoms with Crippen LogP contribution in [0.4, 0.5) is 0 Å². The van der Waals surface area contributed by atoms with Crippen LogP contribution in [0.5, 0.6) is 0 Å². The normalized spacial score (nSPS) is 9.40. The molecule has 20 heavy (non-hydrogen) atoms. The number of rotatable bonds is 2. The lowest BCUT2D eigenvalue weighted by atomic mass is 10.2. The van der Waals surface area contributed by atoms with Crippen LogP contribution in [0.2, 0.25) is 10.0 Å². The highest BCUT2D eigenvalue weighted by atomic mass is 35.5. The first-order chi connectivity index (χ1) is 9.41. The molecule has 6 heteroatoms. The van der Waals surface area contributed by atoms with Crippen molar-refractivity contribution in [1.82, 2.24) is 0 Å². The molecule has 0 aliphatic rings. The second kappa shape index (κ2) is 8.28. The molecule has 0 saturated carbocycles. The molecule has 2 nitrogen and oxygen atoms in total. The Kier molecular flexibility index (Phi) is 7.03. The Morgan fingerprint density at radius 1 is 0.800 bits per heavy atom. The molecule has 0 unspecified atom stereocenters. The molecule has 0 aromatic heterocycles. The molecule has 2 rings (SSSR count). The van der Waals surface area contributed by atoms with Crippen molar-refractivity contribution in [2.24, 2.45) is 0 Å². The minimum Gasteiger partial charge on any atom is -0.276 e. The number of carbonyl (C=O) groups excluding carboxylic acids is 2. The summed E-state index contributed by atoms with van der Waals surface area (Å²) in [5.74, 6) is 0. The Hall–Kier alpha value is -1.06. The van der Waals surface area contributed by atoms with Crippen molar-refractivity contribution >= 4 is 56.9 Å². The zero-order valence-corrected chi connectivity index (χ0v) is 13.0. The summed E-state index contributed by atoms with van der Waals surface area (Å²) < 4.78 is 0. The molecule has 104 valence electrons. The average Bonchev–Trinajstić information content (AvgIpc) is 2.39. The van der Waals surface area contributed by atoms with Gasteiger partial charge in [-0.2, -0.15) is 0 Å². The molecule has 0 aliphatic heterocycles. The van der Waals surface area contributed by atoms with Gasteiger partial charge in [0.05, 0.1) is 10.6 Å². The average molecular weight is 350 g/mol. The molecule has 2 aromatic carbocycles. The molecule has 0 radical (unpaired) electrons. The minimum absolute atomic E-state index is 0.353. The van der Waals surface area contributed by atoms with E-state index in [0.29, 0.717) is 21.2 Å². The van der Waals surface area contributed by atoms with E-state index < -0.39 is 10.5 Å². The van der Waals surface area contributed by atoms with Crippen LogP contribution in [0, 0.1) is 0 Å². The Morgan fingerprint density at radius 2 is 1.45 bits per heavy atom. The van der Waals surface area contributed by atoms with Gasteiger partial charge in [0.1, 0.15) is 0 Å². The maximum absolute atomic E-state index is 10.5. The molecule has 0 N–H and O–H groups in total. The van der Waals surface area contributed by atoms with E-state index in [1.807, 2.05) is 0 Å². The predicted molar refractivity (Wildman–Crippen MR) is 83.3 cm³/mol. The van der Waals surface area contributed by atoms with Gasteiger partial charge >= 0.3 is 0 Å². The summed E-state index contributed by atoms with van der Waals surface area (Å²) in [6.45, 7) is 0. The highest BCUT2D eigenvalue weighted by Gasteiger charge is 2.04. The Bertz CT molecular complexity index is 626. The maximum atomic E-state index is 10.5. The van der Waals surface area contributed by atoms with Gasteiger partial charge < -0.3 is 0 Å². The molecule has 2 aromatic rings. The molecule has 0 fully saturated rings. The molecular weight excluding hydrogens is 342 g/mol. The van der Waals surface area contributed by atoms with Crippen LogP contribution in [0.3, 0.4) is 0 Å². The van der Waals surface area contributed by atoms with Crippen molar-refractivity contribution in [2.45, 2.75) is 0 Å². The lowest BCUT2D eigenvalue weighted by molar-refractivity contribution is 0.107. The third-order valence-corrected chi connectivity index (χ3v) is 3.12. The summed E-state index contributed by atoms with van der Waals surface area (Å²) in [4.78, 5) is 21.1. The van der Waals surface area contributed by atoms with Crippen LogP contribution >= 0.6 is 46.4 Å². The van der Waals surface area contributed by atoms with Crippen LogP contribution in [0.15, 0.2) is 48.5 Å². The highest BCUT2D eigenvalue weighted by Crippen LogP contribution is 2.16. The van der Waals surface area contributed by atoms with E-state index in [1.165, 1.54) is 6.07 Å². The van der Waals surface area contributed by atoms with E-state index in [2.05, 4.69) is 0 Å². The third-order valence-electron chi connectivity index (χ3n) is 2.14. The van der Waals surface area contributed by atoms with E-state index in [1.54, 1.807) is 42.5 Å². The molecule has 0 heterocycles. The standard InChI is InChI=1S/2C7H4Cl2O/c8-6-3-1-2-5(4-6)7(9)10;8-6-4-2-1-3-5(6)7(9)10/h2*1-4H. The first kappa shape index (κ1) is 17.0. The monoisotopic (exact) mass is 348 g/mol. The lowest BCUT2D eigenvalue weighted by Crippen LogP contribution is -1.87. The van der Waals surface area contributed by atoms with Crippen molar-refractivity contribution in [3.8, 4) is 0 Å². The second-order valence-electron chi connectivity index (χ2n) is 3.54. The van der Waals surface area contributed by atoms with Crippen LogP contribution in [0.25, 0.3) is 0 Å². The number of benzene rings is 2. The quantitative estimate of drug-likeness (QED) is 0.676. The SMILES string of the molecule is O=C(Cl)c1cccc(Cl)c1.O=C(Cl)c1ccccc1Cl. The predicted octanol–water partition coefficient (Wildman–Crippen LogP) is 5.44. The fourth-order valence-electron chi connectivity index (χ4n) is 1.23. The molecule has 0 saturated heterocycles. The van der Waals surface area contributed by atoms with Crippen molar-refractivity contribution < 1.29 is 9.59 Å². The molecule has 0 amide bonds. The fourth-order valence-corrected chi connectivity index (χ4v) is 1.97. The highest BCUT2D eigenvalue weighted by molar-refractivity contribution is 6.68. The number of hydrogen-bond donors (Lipinski definition) is 0. The summed E-state index contributed by atoms with van der Waals surface area (Å²) in [6, 6.07) is 13.2. The van der Waals surface area contributed by atoms with E-state index in [-0.39, 0.29) is 0 Å². The molecule has 0 spiro atoms. The van der Waals surface area contributed by atoms with E-state index in [0.717, 1.165) is 0 Å². The summed E-state index contributed by atoms with van der Waals surface area (Å²) >= 11 is 21.6. The molecule has 0 aliphatic carbocycles. The zero-order chi connectivity index (χ0) is 15.1. The number of halogens is 4. The van der Waals surface area contributed by atoms with Crippen LogP contribution in [-0.4, -0.2) is 10.5 Å². The zero-order valence-electron chi connectivity index (χ0n) is 9.95. The Morgan fingerprint density at radius 3 is 1.85 bits per heavy atom. The summed E-state index contributed by atoms with van der Waals surface area (Å²) in [5, 5.41) is -0.0953. The Balaban J connectivity index is 0.000000200. The van der Waals surface area contributed by atoms with Crippen molar-refractivity contribution in [3.05, 3.63) is 69.7 Å². The van der Waals surface area contributed by atoms with E-state index >= 15 is 0 Å². The van der Waals surface area contributed by atoms with Crippen molar-refractivity contribution in [1.29, 1.82) is 0 Å². The van der Waals surface area contributed by atoms with Gasteiger partial charge in [0.25, 0.3) is 10.5 Å². The lowest BCUT2D eigenvalue weighted by Gasteiger charge is -1.93. The van der Waals surface area contributed by atoms with Gasteiger partial charge in [0.15, 0.2) is 0 Å². The molecule has 0 atom stereocenters. The van der Waals surface area contributed by atoms with Gasteiger partial charge in [-0.15, -0.1) is 0 Å². The van der Waals surface area contributed by atoms with Crippen LogP contribution in [-0.2, 0) is 0 Å². The molecular formula is C14H8Cl4O2. The van der Waals surface area contributed by atoms with Gasteiger partial charge in [-0.05, 0) is 53.5 Å². The van der Waals surface area contributed by atoms with Gasteiger partial charge in [-0.25, -0.2) is 0 Å². The van der Waals surface area contributed by atoms with Gasteiger partial charge in [-0.3, -0.25) is 9.59 Å². The van der Waals surface area contributed by atoms with E-state index in [4.69, 9.17) is 46.4 Å². The largest absolute Gasteiger partial charge is 0.276 e. The summed E-state index contributed by atoms with van der Waals surface area (Å²) in [5.41, 5.74) is 0.778. The van der Waals surface area contributed by atoms with Crippen molar-refractivity contribution in [3.63, 3.8) is 0 Å². The summed E-state index contributed by atoms with van der Waals surface area (Å²) in [6.07, 6.45) is 0. The fraction of sp³-hybridized carbons (Fsp3) is 0. The van der Waals surface area contributed by atoms with Gasteiger partial charge in [0.2, 0.25) is 0 Å². The topological polar surface area (TPSA) is 34.1 Å². The maximum Gasteiger partial charge on any atom is 0.253 e. The number of hydrogen-bond acceptors (Lipinski definition) is 2. The first-order valence-corrected chi connectivity index (χ1v) is 6.82. The first-order valence-electron chi connectivity index (χ1n) is 5.31. The minimum atomic E-state index is -0.523. The van der Waals surface area contributed by atoms with Crippen molar-refractivity contribution in [2.75, 3.05) is 0 Å². The Labute approximate surface area is 136 Å². The van der Waals surface area contributed by atoms with Gasteiger partial charge in [0, 0.05) is 10.6 Å². The van der Waals surface area contributed by atoms with Crippen LogP contribution in [0.1, 0.15) is 20.7 Å². The second-order valence-corrected chi connectivity index (χ2v) is 5.07. The van der Waals surface area contributed by atoms with Gasteiger partial charge in [-0.1, -0.05) is 41.4 Å². The summed E-state index contributed by atoms with van der Waals surface area (Å²) in [7, 11) is 0. The molecule has 0 bridgehead atoms.